The number of hydrogen-bond acceptors (Lipinski definition) is 6. The quantitative estimate of drug-likeness (QED) is 0.224. The number of thiazole rings is 1. The van der Waals surface area contributed by atoms with E-state index in [1.807, 2.05) is 18.2 Å². The summed E-state index contributed by atoms with van der Waals surface area (Å²) >= 11 is 2.80. The average Bonchev–Trinajstić information content (AvgIpc) is 3.10. The zero-order valence-electron chi connectivity index (χ0n) is 13.2. The molecule has 24 heavy (non-hydrogen) atoms. The topological polar surface area (TPSA) is 55.7 Å². The fourth-order valence-electron chi connectivity index (χ4n) is 3.10. The van der Waals surface area contributed by atoms with Crippen LogP contribution in [0.2, 0.25) is 0 Å². The van der Waals surface area contributed by atoms with Gasteiger partial charge in [-0.2, -0.15) is 4.57 Å². The molecule has 4 rings (SSSR count). The molecule has 0 aliphatic carbocycles. The van der Waals surface area contributed by atoms with Crippen molar-refractivity contribution in [2.75, 3.05) is 0 Å². The number of benzene rings is 2. The van der Waals surface area contributed by atoms with Crippen LogP contribution in [0.4, 0.5) is 0 Å². The van der Waals surface area contributed by atoms with Crippen LogP contribution >= 0.6 is 23.4 Å². The Morgan fingerprint density at radius 1 is 1.25 bits per heavy atom. The van der Waals surface area contributed by atoms with Crippen LogP contribution in [0.3, 0.4) is 0 Å². The van der Waals surface area contributed by atoms with Crippen LogP contribution in [-0.4, -0.2) is 5.26 Å². The summed E-state index contributed by atoms with van der Waals surface area (Å²) in [5.74, 6) is 0. The van der Waals surface area contributed by atoms with Gasteiger partial charge in [0.05, 0.1) is 0 Å². The molecule has 2 aromatic carbocycles. The largest absolute Gasteiger partial charge is 0.456 e. The maximum Gasteiger partial charge on any atom is 0.236 e. The minimum Gasteiger partial charge on any atom is -0.456 e. The number of aromatic nitrogens is 1. The summed E-state index contributed by atoms with van der Waals surface area (Å²) in [4.78, 5) is 0. The SMILES string of the molecule is CCC(SOOO)[n+]1c(C)sc2cc3oc4ccccc4c3cc21. The first-order valence-corrected chi connectivity index (χ1v) is 9.24. The average molecular weight is 362 g/mol. The third-order valence-corrected chi connectivity index (χ3v) is 6.08. The zero-order chi connectivity index (χ0) is 16.7. The lowest BCUT2D eigenvalue weighted by molar-refractivity contribution is -0.677. The molecule has 0 amide bonds. The molecule has 0 spiro atoms. The third-order valence-electron chi connectivity index (χ3n) is 4.13. The van der Waals surface area contributed by atoms with Crippen molar-refractivity contribution < 1.29 is 23.6 Å². The summed E-state index contributed by atoms with van der Waals surface area (Å²) in [6, 6.07) is 12.3. The summed E-state index contributed by atoms with van der Waals surface area (Å²) in [5.41, 5.74) is 2.91. The van der Waals surface area contributed by atoms with Crippen molar-refractivity contribution >= 4 is 55.5 Å². The highest BCUT2D eigenvalue weighted by Crippen LogP contribution is 2.35. The lowest BCUT2D eigenvalue weighted by Gasteiger charge is -2.07. The molecule has 7 heteroatoms. The molecule has 124 valence electrons. The van der Waals surface area contributed by atoms with Crippen molar-refractivity contribution in [1.29, 1.82) is 0 Å². The maximum atomic E-state index is 8.46. The van der Waals surface area contributed by atoms with Crippen LogP contribution in [0.1, 0.15) is 23.7 Å². The van der Waals surface area contributed by atoms with Gasteiger partial charge in [-0.3, -0.25) is 0 Å². The molecule has 4 aromatic rings. The molecule has 1 N–H and O–H groups in total. The number of furan rings is 1. The molecule has 5 nitrogen and oxygen atoms in total. The van der Waals surface area contributed by atoms with Crippen LogP contribution < -0.4 is 4.57 Å². The monoisotopic (exact) mass is 362 g/mol. The minimum atomic E-state index is 0.00140. The molecule has 1 unspecified atom stereocenters. The van der Waals surface area contributed by atoms with Gasteiger partial charge in [-0.25, -0.2) is 5.26 Å². The molecule has 0 saturated carbocycles. The van der Waals surface area contributed by atoms with Crippen LogP contribution in [0, 0.1) is 6.92 Å². The molecule has 1 atom stereocenters. The highest BCUT2D eigenvalue weighted by atomic mass is 32.2. The second kappa shape index (κ2) is 6.34. The Labute approximate surface area is 146 Å². The van der Waals surface area contributed by atoms with E-state index in [-0.39, 0.29) is 5.37 Å². The van der Waals surface area contributed by atoms with E-state index in [1.54, 1.807) is 11.3 Å². The van der Waals surface area contributed by atoms with E-state index in [0.717, 1.165) is 55.6 Å². The van der Waals surface area contributed by atoms with E-state index in [2.05, 4.69) is 41.7 Å². The van der Waals surface area contributed by atoms with Gasteiger partial charge in [0.25, 0.3) is 0 Å². The highest BCUT2D eigenvalue weighted by molar-refractivity contribution is 7.94. The van der Waals surface area contributed by atoms with Gasteiger partial charge in [-0.15, -0.1) is 4.33 Å². The van der Waals surface area contributed by atoms with E-state index >= 15 is 0 Å². The Morgan fingerprint density at radius 2 is 2.08 bits per heavy atom. The van der Waals surface area contributed by atoms with Gasteiger partial charge in [-0.05, 0) is 6.07 Å². The van der Waals surface area contributed by atoms with Gasteiger partial charge in [0.15, 0.2) is 0 Å². The molecular formula is C17H16NO4S2+. The van der Waals surface area contributed by atoms with Gasteiger partial charge < -0.3 is 4.42 Å². The van der Waals surface area contributed by atoms with Gasteiger partial charge in [0.1, 0.15) is 27.9 Å². The minimum absolute atomic E-state index is 0.00140. The summed E-state index contributed by atoms with van der Waals surface area (Å²) in [6.07, 6.45) is 0.829. The second-order valence-electron chi connectivity index (χ2n) is 5.51. The van der Waals surface area contributed by atoms with Gasteiger partial charge in [0, 0.05) is 36.2 Å². The van der Waals surface area contributed by atoms with E-state index in [9.17, 15) is 0 Å². The van der Waals surface area contributed by atoms with E-state index in [0.29, 0.717) is 0 Å². The Balaban J connectivity index is 1.96. The normalized spacial score (nSPS) is 13.3. The Morgan fingerprint density at radius 3 is 2.88 bits per heavy atom. The van der Waals surface area contributed by atoms with Crippen molar-refractivity contribution in [1.82, 2.24) is 0 Å². The summed E-state index contributed by atoms with van der Waals surface area (Å²) in [5, 5.41) is 15.6. The fourth-order valence-corrected chi connectivity index (χ4v) is 4.86. The molecular weight excluding hydrogens is 346 g/mol. The fraction of sp³-hybridized carbons (Fsp3) is 0.235. The number of nitrogens with zero attached hydrogens (tertiary/aromatic N) is 1. The third kappa shape index (κ3) is 2.49. The number of rotatable bonds is 5. The summed E-state index contributed by atoms with van der Waals surface area (Å²) in [6.45, 7) is 4.15. The lowest BCUT2D eigenvalue weighted by atomic mass is 10.1. The van der Waals surface area contributed by atoms with Crippen molar-refractivity contribution in [3.63, 3.8) is 0 Å². The van der Waals surface area contributed by atoms with Crippen molar-refractivity contribution in [3.05, 3.63) is 41.4 Å². The number of fused-ring (bicyclic) bond motifs is 4. The first kappa shape index (κ1) is 15.9. The first-order chi connectivity index (χ1) is 11.7. The standard InChI is InChI=1S/C17H15NO4S2/c1-3-17(24-22-21-19)18-10(2)23-16-9-15-12(8-13(16)18)11-6-4-5-7-14(11)20-15/h4-9,17H,3H2,1-2H3/p+1. The van der Waals surface area contributed by atoms with E-state index in [4.69, 9.17) is 14.0 Å². The van der Waals surface area contributed by atoms with Crippen LogP contribution in [-0.2, 0) is 9.37 Å². The lowest BCUT2D eigenvalue weighted by Crippen LogP contribution is -2.38. The Kier molecular flexibility index (Phi) is 4.19. The van der Waals surface area contributed by atoms with Gasteiger partial charge in [-0.1, -0.05) is 41.5 Å². The zero-order valence-corrected chi connectivity index (χ0v) is 14.8. The van der Waals surface area contributed by atoms with Crippen LogP contribution in [0.15, 0.2) is 40.8 Å². The van der Waals surface area contributed by atoms with E-state index in [1.165, 1.54) is 0 Å². The van der Waals surface area contributed by atoms with Gasteiger partial charge in [0.2, 0.25) is 15.9 Å². The molecule has 0 aliphatic rings. The smallest absolute Gasteiger partial charge is 0.236 e. The predicted molar refractivity (Wildman–Crippen MR) is 95.8 cm³/mol. The predicted octanol–water partition coefficient (Wildman–Crippen LogP) is 5.37. The van der Waals surface area contributed by atoms with Crippen molar-refractivity contribution in [2.24, 2.45) is 0 Å². The maximum absolute atomic E-state index is 8.46. The highest BCUT2D eigenvalue weighted by Gasteiger charge is 2.28. The Bertz CT molecular complexity index is 1020. The summed E-state index contributed by atoms with van der Waals surface area (Å²) in [7, 11) is 0. The summed E-state index contributed by atoms with van der Waals surface area (Å²) < 4.78 is 14.0. The molecule has 0 bridgehead atoms. The van der Waals surface area contributed by atoms with Gasteiger partial charge >= 0.3 is 0 Å². The van der Waals surface area contributed by atoms with Crippen molar-refractivity contribution in [3.8, 4) is 0 Å². The Hall–Kier alpha value is -1.64. The number of aryl methyl sites for hydroxylation is 1. The first-order valence-electron chi connectivity index (χ1n) is 7.62. The molecule has 0 radical (unpaired) electrons. The second-order valence-corrected chi connectivity index (χ2v) is 7.61. The molecule has 0 fully saturated rings. The van der Waals surface area contributed by atoms with Crippen molar-refractivity contribution in [2.45, 2.75) is 25.6 Å². The van der Waals surface area contributed by atoms with Crippen LogP contribution in [0.25, 0.3) is 32.2 Å². The molecule has 2 heterocycles. The molecule has 2 aromatic heterocycles. The molecule has 0 saturated heterocycles. The van der Waals surface area contributed by atoms with Crippen LogP contribution in [0.5, 0.6) is 0 Å². The number of para-hydroxylation sites is 1. The molecule has 0 aliphatic heterocycles. The van der Waals surface area contributed by atoms with E-state index < -0.39 is 0 Å². The number of hydrogen-bond donors (Lipinski definition) is 1.